The predicted molar refractivity (Wildman–Crippen MR) is 126 cm³/mol. The molecule has 7 heteroatoms. The number of halogens is 1. The van der Waals surface area contributed by atoms with E-state index in [0.29, 0.717) is 17.2 Å². The lowest BCUT2D eigenvalue weighted by Gasteiger charge is -2.27. The van der Waals surface area contributed by atoms with Crippen LogP contribution in [-0.2, 0) is 21.2 Å². The Hall–Kier alpha value is -2.67. The molecule has 1 N–H and O–H groups in total. The Kier molecular flexibility index (Phi) is 6.65. The Morgan fingerprint density at radius 3 is 2.53 bits per heavy atom. The largest absolute Gasteiger partial charge is 0.486 e. The van der Waals surface area contributed by atoms with E-state index in [1.54, 1.807) is 30.3 Å². The number of hydrogen-bond donors (Lipinski definition) is 1. The van der Waals surface area contributed by atoms with Crippen molar-refractivity contribution in [2.75, 3.05) is 6.61 Å². The molecule has 0 saturated carbocycles. The number of Topliss-reactive ketones (excluding diaryl/α,β-unsaturated/α-hetero) is 1. The Balaban J connectivity index is 1.56. The van der Waals surface area contributed by atoms with Crippen LogP contribution < -0.4 is 9.46 Å². The van der Waals surface area contributed by atoms with Gasteiger partial charge in [-0.2, -0.15) is 0 Å². The molecule has 3 aromatic carbocycles. The van der Waals surface area contributed by atoms with Crippen molar-refractivity contribution in [3.8, 4) is 16.9 Å². The van der Waals surface area contributed by atoms with E-state index in [9.17, 15) is 13.2 Å². The molecule has 0 saturated heterocycles. The van der Waals surface area contributed by atoms with Gasteiger partial charge in [-0.15, -0.1) is 0 Å². The van der Waals surface area contributed by atoms with Crippen LogP contribution >= 0.6 is 11.6 Å². The summed E-state index contributed by atoms with van der Waals surface area (Å²) in [7, 11) is -3.72. The molecule has 32 heavy (non-hydrogen) atoms. The fraction of sp³-hybridized carbons (Fsp3) is 0.240. The van der Waals surface area contributed by atoms with Gasteiger partial charge in [0.05, 0.1) is 4.90 Å². The summed E-state index contributed by atoms with van der Waals surface area (Å²) in [5.74, 6) is 0.587. The molecule has 0 heterocycles. The Bertz CT molecular complexity index is 1240. The Labute approximate surface area is 193 Å². The van der Waals surface area contributed by atoms with Gasteiger partial charge in [0.25, 0.3) is 0 Å². The zero-order chi connectivity index (χ0) is 22.7. The number of ketones is 1. The molecule has 166 valence electrons. The Morgan fingerprint density at radius 1 is 1.06 bits per heavy atom. The molecule has 5 nitrogen and oxygen atoms in total. The molecule has 0 bridgehead atoms. The number of sulfonamides is 1. The van der Waals surface area contributed by atoms with Crippen molar-refractivity contribution >= 4 is 27.4 Å². The third-order valence-electron chi connectivity index (χ3n) is 5.52. The van der Waals surface area contributed by atoms with Crippen molar-refractivity contribution in [2.45, 2.75) is 37.1 Å². The second kappa shape index (κ2) is 9.45. The lowest BCUT2D eigenvalue weighted by atomic mass is 9.87. The zero-order valence-corrected chi connectivity index (χ0v) is 19.2. The van der Waals surface area contributed by atoms with Crippen molar-refractivity contribution in [1.29, 1.82) is 0 Å². The number of nitrogens with one attached hydrogen (secondary N) is 1. The first-order chi connectivity index (χ1) is 15.3. The average molecular weight is 470 g/mol. The minimum Gasteiger partial charge on any atom is -0.486 e. The summed E-state index contributed by atoms with van der Waals surface area (Å²) in [6.45, 7) is 1.48. The van der Waals surface area contributed by atoms with Crippen LogP contribution in [0.15, 0.2) is 71.6 Å². The van der Waals surface area contributed by atoms with Crippen LogP contribution in [0, 0.1) is 0 Å². The van der Waals surface area contributed by atoms with Crippen LogP contribution in [0.3, 0.4) is 0 Å². The van der Waals surface area contributed by atoms with Crippen molar-refractivity contribution in [1.82, 2.24) is 4.72 Å². The third kappa shape index (κ3) is 5.04. The molecule has 1 aliphatic rings. The van der Waals surface area contributed by atoms with Gasteiger partial charge in [0, 0.05) is 11.1 Å². The molecule has 1 atom stereocenters. The minimum absolute atomic E-state index is 0.00578. The van der Waals surface area contributed by atoms with E-state index < -0.39 is 10.0 Å². The zero-order valence-electron chi connectivity index (χ0n) is 17.7. The van der Waals surface area contributed by atoms with Gasteiger partial charge in [-0.1, -0.05) is 48.0 Å². The molecule has 0 radical (unpaired) electrons. The molecule has 0 unspecified atom stereocenters. The summed E-state index contributed by atoms with van der Waals surface area (Å²) in [4.78, 5) is 11.5. The monoisotopic (exact) mass is 469 g/mol. The number of ether oxygens (including phenoxy) is 1. The van der Waals surface area contributed by atoms with E-state index in [1.807, 2.05) is 36.4 Å². The first-order valence-electron chi connectivity index (χ1n) is 10.5. The molecule has 3 aromatic rings. The second-order valence-corrected chi connectivity index (χ2v) is 10.1. The van der Waals surface area contributed by atoms with Crippen LogP contribution in [0.1, 0.15) is 36.9 Å². The number of hydrogen-bond acceptors (Lipinski definition) is 4. The first-order valence-corrected chi connectivity index (χ1v) is 12.3. The second-order valence-electron chi connectivity index (χ2n) is 7.92. The molecular weight excluding hydrogens is 446 g/mol. The maximum absolute atomic E-state index is 13.1. The van der Waals surface area contributed by atoms with Gasteiger partial charge < -0.3 is 4.74 Å². The maximum Gasteiger partial charge on any atom is 0.241 e. The van der Waals surface area contributed by atoms with Gasteiger partial charge in [0.1, 0.15) is 12.4 Å². The van der Waals surface area contributed by atoms with Crippen molar-refractivity contribution in [3.63, 3.8) is 0 Å². The van der Waals surface area contributed by atoms with Crippen LogP contribution in [0.2, 0.25) is 5.02 Å². The molecular formula is C25H24ClNO4S. The van der Waals surface area contributed by atoms with E-state index in [4.69, 9.17) is 16.3 Å². The lowest BCUT2D eigenvalue weighted by molar-refractivity contribution is -0.118. The topological polar surface area (TPSA) is 72.5 Å². The highest BCUT2D eigenvalue weighted by Gasteiger charge is 2.27. The minimum atomic E-state index is -3.72. The highest BCUT2D eigenvalue weighted by molar-refractivity contribution is 7.89. The molecule has 0 spiro atoms. The molecule has 0 fully saturated rings. The van der Waals surface area contributed by atoms with Crippen LogP contribution in [-0.4, -0.2) is 20.8 Å². The van der Waals surface area contributed by atoms with E-state index in [0.717, 1.165) is 35.1 Å². The van der Waals surface area contributed by atoms with Gasteiger partial charge >= 0.3 is 0 Å². The van der Waals surface area contributed by atoms with Gasteiger partial charge in [0.2, 0.25) is 10.0 Å². The van der Waals surface area contributed by atoms with Crippen LogP contribution in [0.25, 0.3) is 11.1 Å². The average Bonchev–Trinajstić information content (AvgIpc) is 2.78. The van der Waals surface area contributed by atoms with E-state index in [2.05, 4.69) is 4.72 Å². The van der Waals surface area contributed by atoms with Crippen molar-refractivity contribution < 1.29 is 17.9 Å². The molecule has 0 aromatic heterocycles. The fourth-order valence-electron chi connectivity index (χ4n) is 4.00. The molecule has 0 aliphatic heterocycles. The summed E-state index contributed by atoms with van der Waals surface area (Å²) in [5.41, 5.74) is 3.68. The van der Waals surface area contributed by atoms with E-state index in [-0.39, 0.29) is 23.3 Å². The van der Waals surface area contributed by atoms with Crippen molar-refractivity contribution in [2.24, 2.45) is 0 Å². The van der Waals surface area contributed by atoms with Gasteiger partial charge in [-0.3, -0.25) is 4.79 Å². The predicted octanol–water partition coefficient (Wildman–Crippen LogP) is 5.33. The fourth-order valence-corrected chi connectivity index (χ4v) is 5.44. The van der Waals surface area contributed by atoms with Crippen LogP contribution in [0.5, 0.6) is 5.75 Å². The number of carbonyl (C=O) groups excluding carboxylic acids is 1. The lowest BCUT2D eigenvalue weighted by Crippen LogP contribution is -2.31. The van der Waals surface area contributed by atoms with E-state index >= 15 is 0 Å². The summed E-state index contributed by atoms with van der Waals surface area (Å²) in [6, 6.07) is 19.4. The van der Waals surface area contributed by atoms with Gasteiger partial charge in [-0.25, -0.2) is 13.1 Å². The number of rotatable bonds is 7. The summed E-state index contributed by atoms with van der Waals surface area (Å²) in [5, 5.41) is 0.628. The SMILES string of the molecule is CC(=O)COc1cccc2c1CCC[C@H]2NS(=O)(=O)c1ccc(-c2cccc(Cl)c2)cc1. The number of carbonyl (C=O) groups is 1. The van der Waals surface area contributed by atoms with Crippen LogP contribution in [0.4, 0.5) is 0 Å². The summed E-state index contributed by atoms with van der Waals surface area (Å²) < 4.78 is 34.7. The number of fused-ring (bicyclic) bond motifs is 1. The smallest absolute Gasteiger partial charge is 0.241 e. The van der Waals surface area contributed by atoms with E-state index in [1.165, 1.54) is 6.92 Å². The normalized spacial score (nSPS) is 15.8. The first kappa shape index (κ1) is 22.5. The molecule has 4 rings (SSSR count). The van der Waals surface area contributed by atoms with Gasteiger partial charge in [-0.05, 0) is 78.8 Å². The number of benzene rings is 3. The van der Waals surface area contributed by atoms with Crippen molar-refractivity contribution in [3.05, 3.63) is 82.9 Å². The molecule has 1 aliphatic carbocycles. The third-order valence-corrected chi connectivity index (χ3v) is 7.24. The standard InChI is InChI=1S/C25H24ClNO4S/c1-17(28)16-31-25-10-4-7-22-23(25)8-3-9-24(22)27-32(29,30)21-13-11-18(12-14-21)19-5-2-6-20(26)15-19/h2,4-7,10-15,24,27H,3,8-9,16H2,1H3/t24-/m1/s1. The highest BCUT2D eigenvalue weighted by Crippen LogP contribution is 2.36. The highest BCUT2D eigenvalue weighted by atomic mass is 35.5. The van der Waals surface area contributed by atoms with Gasteiger partial charge in [0.15, 0.2) is 5.78 Å². The molecule has 0 amide bonds. The maximum atomic E-state index is 13.1. The Morgan fingerprint density at radius 2 is 1.81 bits per heavy atom. The summed E-state index contributed by atoms with van der Waals surface area (Å²) in [6.07, 6.45) is 2.31. The quantitative estimate of drug-likeness (QED) is 0.507. The summed E-state index contributed by atoms with van der Waals surface area (Å²) >= 11 is 6.06.